The van der Waals surface area contributed by atoms with Crippen LogP contribution in [-0.4, -0.2) is 18.9 Å². The third-order valence-electron chi connectivity index (χ3n) is 2.75. The van der Waals surface area contributed by atoms with E-state index in [2.05, 4.69) is 5.32 Å². The zero-order valence-corrected chi connectivity index (χ0v) is 10.2. The van der Waals surface area contributed by atoms with Crippen LogP contribution in [0, 0.1) is 0 Å². The van der Waals surface area contributed by atoms with E-state index in [1.807, 2.05) is 0 Å². The number of thiophene rings is 1. The van der Waals surface area contributed by atoms with Crippen molar-refractivity contribution < 1.29 is 17.6 Å². The molecule has 1 aliphatic rings. The SMILES string of the molecule is FC(F)C(F)(F)CNC1CCc2sc(Cl)cc21. The molecule has 0 bridgehead atoms. The first-order chi connectivity index (χ1) is 7.90. The molecule has 0 aromatic carbocycles. The lowest BCUT2D eigenvalue weighted by Gasteiger charge is -2.19. The predicted octanol–water partition coefficient (Wildman–Crippen LogP) is 3.88. The molecule has 1 N–H and O–H groups in total. The third kappa shape index (κ3) is 2.74. The molecule has 0 saturated carbocycles. The molecule has 1 atom stereocenters. The van der Waals surface area contributed by atoms with Gasteiger partial charge in [0.2, 0.25) is 0 Å². The first-order valence-corrected chi connectivity index (χ1v) is 6.27. The number of aryl methyl sites for hydroxylation is 1. The fraction of sp³-hybridized carbons (Fsp3) is 0.600. The van der Waals surface area contributed by atoms with E-state index in [1.165, 1.54) is 11.3 Å². The summed E-state index contributed by atoms with van der Waals surface area (Å²) in [4.78, 5) is 1.05. The van der Waals surface area contributed by atoms with E-state index < -0.39 is 18.9 Å². The van der Waals surface area contributed by atoms with Crippen LogP contribution in [0.25, 0.3) is 0 Å². The van der Waals surface area contributed by atoms with Gasteiger partial charge in [-0.2, -0.15) is 8.78 Å². The van der Waals surface area contributed by atoms with Gasteiger partial charge in [-0.05, 0) is 24.5 Å². The molecule has 7 heteroatoms. The van der Waals surface area contributed by atoms with E-state index in [4.69, 9.17) is 11.6 Å². The van der Waals surface area contributed by atoms with Gasteiger partial charge in [0.1, 0.15) is 0 Å². The fourth-order valence-electron chi connectivity index (χ4n) is 1.88. The van der Waals surface area contributed by atoms with E-state index in [9.17, 15) is 17.6 Å². The van der Waals surface area contributed by atoms with Gasteiger partial charge >= 0.3 is 12.3 Å². The molecule has 17 heavy (non-hydrogen) atoms. The number of hydrogen-bond donors (Lipinski definition) is 1. The number of alkyl halides is 4. The molecule has 1 aromatic heterocycles. The molecule has 1 unspecified atom stereocenters. The Kier molecular flexibility index (Phi) is 3.66. The molecule has 96 valence electrons. The molecule has 0 amide bonds. The van der Waals surface area contributed by atoms with Gasteiger partial charge in [-0.1, -0.05) is 11.6 Å². The molecule has 1 heterocycles. The van der Waals surface area contributed by atoms with Crippen molar-refractivity contribution >= 4 is 22.9 Å². The van der Waals surface area contributed by atoms with Crippen molar-refractivity contribution in [1.82, 2.24) is 5.32 Å². The van der Waals surface area contributed by atoms with Crippen molar-refractivity contribution in [1.29, 1.82) is 0 Å². The largest absolute Gasteiger partial charge is 0.319 e. The van der Waals surface area contributed by atoms with Crippen LogP contribution in [0.2, 0.25) is 4.34 Å². The third-order valence-corrected chi connectivity index (χ3v) is 4.09. The van der Waals surface area contributed by atoms with Crippen molar-refractivity contribution in [3.8, 4) is 0 Å². The van der Waals surface area contributed by atoms with Crippen LogP contribution in [0.4, 0.5) is 17.6 Å². The summed E-state index contributed by atoms with van der Waals surface area (Å²) in [6, 6.07) is 1.42. The van der Waals surface area contributed by atoms with E-state index in [0.29, 0.717) is 10.8 Å². The maximum Gasteiger partial charge on any atom is 0.319 e. The van der Waals surface area contributed by atoms with Crippen LogP contribution >= 0.6 is 22.9 Å². The van der Waals surface area contributed by atoms with Crippen molar-refractivity contribution in [3.05, 3.63) is 20.8 Å². The summed E-state index contributed by atoms with van der Waals surface area (Å²) in [6.45, 7) is -1.01. The predicted molar refractivity (Wildman–Crippen MR) is 59.3 cm³/mol. The molecule has 0 saturated heterocycles. The topological polar surface area (TPSA) is 12.0 Å². The minimum atomic E-state index is -3.98. The second-order valence-corrected chi connectivity index (χ2v) is 5.73. The van der Waals surface area contributed by atoms with E-state index in [0.717, 1.165) is 16.9 Å². The molecule has 0 fully saturated rings. The second-order valence-electron chi connectivity index (χ2n) is 3.96. The number of fused-ring (bicyclic) bond motifs is 1. The molecule has 0 spiro atoms. The highest BCUT2D eigenvalue weighted by Gasteiger charge is 2.41. The normalized spacial score (nSPS) is 20.0. The highest BCUT2D eigenvalue weighted by molar-refractivity contribution is 7.16. The number of rotatable bonds is 4. The van der Waals surface area contributed by atoms with Crippen LogP contribution in [0.15, 0.2) is 6.07 Å². The Labute approximate surface area is 105 Å². The van der Waals surface area contributed by atoms with Gasteiger partial charge in [-0.25, -0.2) is 8.78 Å². The Hall–Kier alpha value is -0.330. The lowest BCUT2D eigenvalue weighted by Crippen LogP contribution is -2.39. The summed E-state index contributed by atoms with van der Waals surface area (Å²) in [6.07, 6.45) is -2.23. The zero-order chi connectivity index (χ0) is 12.6. The van der Waals surface area contributed by atoms with E-state index in [-0.39, 0.29) is 6.04 Å². The Bertz CT molecular complexity index is 407. The standard InChI is InChI=1S/C10H10ClF4NS/c11-8-3-5-6(1-2-7(5)17-8)16-4-10(14,15)9(12)13/h3,6,9,16H,1-2,4H2. The van der Waals surface area contributed by atoms with Gasteiger partial charge in [0.25, 0.3) is 0 Å². The summed E-state index contributed by atoms with van der Waals surface area (Å²) in [5, 5.41) is 2.49. The quantitative estimate of drug-likeness (QED) is 0.829. The Morgan fingerprint density at radius 3 is 2.88 bits per heavy atom. The molecule has 0 aliphatic heterocycles. The maximum absolute atomic E-state index is 12.7. The van der Waals surface area contributed by atoms with Crippen molar-refractivity contribution in [3.63, 3.8) is 0 Å². The van der Waals surface area contributed by atoms with Gasteiger partial charge in [0.05, 0.1) is 10.9 Å². The summed E-state index contributed by atoms with van der Waals surface area (Å²) >= 11 is 7.22. The van der Waals surface area contributed by atoms with Gasteiger partial charge in [0.15, 0.2) is 0 Å². The highest BCUT2D eigenvalue weighted by atomic mass is 35.5. The zero-order valence-electron chi connectivity index (χ0n) is 8.65. The first-order valence-electron chi connectivity index (χ1n) is 5.07. The van der Waals surface area contributed by atoms with Gasteiger partial charge in [-0.3, -0.25) is 0 Å². The van der Waals surface area contributed by atoms with Crippen molar-refractivity contribution in [2.45, 2.75) is 31.2 Å². The Morgan fingerprint density at radius 1 is 1.53 bits per heavy atom. The number of halogens is 5. The minimum absolute atomic E-state index is 0.293. The molecular formula is C10H10ClF4NS. The summed E-state index contributed by atoms with van der Waals surface area (Å²) < 4.78 is 50.0. The van der Waals surface area contributed by atoms with Crippen LogP contribution in [0.1, 0.15) is 22.9 Å². The summed E-state index contributed by atoms with van der Waals surface area (Å²) in [5.41, 5.74) is 0.866. The summed E-state index contributed by atoms with van der Waals surface area (Å²) in [7, 11) is 0. The van der Waals surface area contributed by atoms with Gasteiger partial charge < -0.3 is 5.32 Å². The average Bonchev–Trinajstić information content (AvgIpc) is 2.74. The smallest absolute Gasteiger partial charge is 0.304 e. The molecule has 1 aliphatic carbocycles. The molecular weight excluding hydrogens is 278 g/mol. The minimum Gasteiger partial charge on any atom is -0.304 e. The molecule has 1 aromatic rings. The second kappa shape index (κ2) is 4.74. The Morgan fingerprint density at radius 2 is 2.24 bits per heavy atom. The monoisotopic (exact) mass is 287 g/mol. The fourth-order valence-corrected chi connectivity index (χ4v) is 3.24. The van der Waals surface area contributed by atoms with E-state index in [1.54, 1.807) is 6.07 Å². The molecule has 2 rings (SSSR count). The lowest BCUT2D eigenvalue weighted by molar-refractivity contribution is -0.126. The van der Waals surface area contributed by atoms with Crippen molar-refractivity contribution in [2.24, 2.45) is 0 Å². The maximum atomic E-state index is 12.7. The van der Waals surface area contributed by atoms with Crippen LogP contribution in [0.5, 0.6) is 0 Å². The van der Waals surface area contributed by atoms with Crippen molar-refractivity contribution in [2.75, 3.05) is 6.54 Å². The molecule has 0 radical (unpaired) electrons. The van der Waals surface area contributed by atoms with E-state index >= 15 is 0 Å². The average molecular weight is 288 g/mol. The lowest BCUT2D eigenvalue weighted by atomic mass is 10.1. The van der Waals surface area contributed by atoms with Crippen LogP contribution in [0.3, 0.4) is 0 Å². The molecule has 1 nitrogen and oxygen atoms in total. The van der Waals surface area contributed by atoms with Crippen LogP contribution < -0.4 is 5.32 Å². The van der Waals surface area contributed by atoms with Gasteiger partial charge in [-0.15, -0.1) is 11.3 Å². The first kappa shape index (κ1) is 13.1. The Balaban J connectivity index is 1.98. The number of hydrogen-bond acceptors (Lipinski definition) is 2. The van der Waals surface area contributed by atoms with Crippen LogP contribution in [-0.2, 0) is 6.42 Å². The number of nitrogens with one attached hydrogen (secondary N) is 1. The highest BCUT2D eigenvalue weighted by Crippen LogP contribution is 2.39. The van der Waals surface area contributed by atoms with Gasteiger partial charge in [0, 0.05) is 10.9 Å². The summed E-state index contributed by atoms with van der Waals surface area (Å²) in [5.74, 6) is -3.98.